The standard InChI is InChI=1S/C6H14N2OS/c1-8(2,3)4-5-10-6(7)9/h4-5H2,1-3H3,(H-,7,9)/p+1. The van der Waals surface area contributed by atoms with Crippen molar-refractivity contribution in [2.75, 3.05) is 33.4 Å². The topological polar surface area (TPSA) is 43.1 Å². The number of rotatable bonds is 3. The minimum atomic E-state index is -0.284. The molecule has 0 rings (SSSR count). The Morgan fingerprint density at radius 1 is 1.50 bits per heavy atom. The first-order valence-corrected chi connectivity index (χ1v) is 4.13. The van der Waals surface area contributed by atoms with Crippen LogP contribution >= 0.6 is 11.8 Å². The molecule has 1 amide bonds. The van der Waals surface area contributed by atoms with Crippen LogP contribution in [0.25, 0.3) is 0 Å². The summed E-state index contributed by atoms with van der Waals surface area (Å²) in [6.07, 6.45) is 0. The van der Waals surface area contributed by atoms with Gasteiger partial charge in [0.2, 0.25) is 0 Å². The molecule has 4 heteroatoms. The summed E-state index contributed by atoms with van der Waals surface area (Å²) in [5.41, 5.74) is 4.94. The summed E-state index contributed by atoms with van der Waals surface area (Å²) < 4.78 is 0.875. The van der Waals surface area contributed by atoms with Crippen LogP contribution in [0.5, 0.6) is 0 Å². The summed E-state index contributed by atoms with van der Waals surface area (Å²) in [7, 11) is 6.25. The number of primary amides is 1. The Morgan fingerprint density at radius 2 is 2.00 bits per heavy atom. The van der Waals surface area contributed by atoms with Gasteiger partial charge in [0.1, 0.15) is 0 Å². The molecule has 0 saturated carbocycles. The van der Waals surface area contributed by atoms with E-state index in [0.717, 1.165) is 16.8 Å². The minimum absolute atomic E-state index is 0.284. The summed E-state index contributed by atoms with van der Waals surface area (Å²) in [6, 6.07) is 0. The molecule has 0 fully saturated rings. The monoisotopic (exact) mass is 163 g/mol. The lowest BCUT2D eigenvalue weighted by atomic mass is 10.6. The third-order valence-corrected chi connectivity index (χ3v) is 1.68. The third-order valence-electron chi connectivity index (χ3n) is 1.01. The first-order chi connectivity index (χ1) is 4.42. The van der Waals surface area contributed by atoms with Gasteiger partial charge < -0.3 is 10.2 Å². The lowest BCUT2D eigenvalue weighted by Crippen LogP contribution is -2.36. The van der Waals surface area contributed by atoms with E-state index in [2.05, 4.69) is 21.1 Å². The Morgan fingerprint density at radius 3 is 2.30 bits per heavy atom. The van der Waals surface area contributed by atoms with Gasteiger partial charge in [-0.2, -0.15) is 0 Å². The maximum Gasteiger partial charge on any atom is 0.276 e. The average Bonchev–Trinajstić information content (AvgIpc) is 1.59. The number of amides is 1. The lowest BCUT2D eigenvalue weighted by molar-refractivity contribution is -0.867. The molecule has 0 aliphatic rings. The van der Waals surface area contributed by atoms with Crippen molar-refractivity contribution in [3.8, 4) is 0 Å². The first-order valence-electron chi connectivity index (χ1n) is 3.14. The van der Waals surface area contributed by atoms with Crippen molar-refractivity contribution in [1.82, 2.24) is 0 Å². The summed E-state index contributed by atoms with van der Waals surface area (Å²) in [4.78, 5) is 10.3. The Bertz CT molecular complexity index is 119. The molecule has 0 radical (unpaired) electrons. The van der Waals surface area contributed by atoms with Crippen LogP contribution in [0, 0.1) is 0 Å². The van der Waals surface area contributed by atoms with Crippen molar-refractivity contribution in [2.24, 2.45) is 5.73 Å². The average molecular weight is 163 g/mol. The maximum atomic E-state index is 10.3. The Balaban J connectivity index is 3.29. The molecule has 0 aromatic heterocycles. The van der Waals surface area contributed by atoms with Crippen LogP contribution in [0.4, 0.5) is 4.79 Å². The van der Waals surface area contributed by atoms with E-state index in [-0.39, 0.29) is 5.24 Å². The number of nitrogens with two attached hydrogens (primary N) is 1. The second kappa shape index (κ2) is 3.83. The summed E-state index contributed by atoms with van der Waals surface area (Å²) in [5, 5.41) is -0.284. The highest BCUT2D eigenvalue weighted by molar-refractivity contribution is 8.13. The molecule has 0 aliphatic heterocycles. The van der Waals surface area contributed by atoms with E-state index < -0.39 is 0 Å². The molecule has 0 atom stereocenters. The van der Waals surface area contributed by atoms with E-state index in [1.54, 1.807) is 0 Å². The number of quaternary nitrogens is 1. The Labute approximate surface area is 66.2 Å². The van der Waals surface area contributed by atoms with Crippen LogP contribution in [0.3, 0.4) is 0 Å². The van der Waals surface area contributed by atoms with E-state index in [1.165, 1.54) is 11.8 Å². The SMILES string of the molecule is C[N+](C)(C)CCSC(N)=O. The van der Waals surface area contributed by atoms with E-state index >= 15 is 0 Å². The van der Waals surface area contributed by atoms with E-state index in [1.807, 2.05) is 0 Å². The molecule has 3 nitrogen and oxygen atoms in total. The normalized spacial score (nSPS) is 11.5. The summed E-state index contributed by atoms with van der Waals surface area (Å²) in [6.45, 7) is 0.966. The highest BCUT2D eigenvalue weighted by Crippen LogP contribution is 2.01. The molecule has 0 unspecified atom stereocenters. The first kappa shape index (κ1) is 9.78. The number of carbonyl (C=O) groups excluding carboxylic acids is 1. The number of carbonyl (C=O) groups is 1. The van der Waals surface area contributed by atoms with E-state index in [4.69, 9.17) is 5.73 Å². The highest BCUT2D eigenvalue weighted by atomic mass is 32.2. The van der Waals surface area contributed by atoms with Gasteiger partial charge >= 0.3 is 0 Å². The van der Waals surface area contributed by atoms with Crippen molar-refractivity contribution in [3.63, 3.8) is 0 Å². The van der Waals surface area contributed by atoms with Crippen LogP contribution in [0.1, 0.15) is 0 Å². The zero-order valence-corrected chi connectivity index (χ0v) is 7.57. The van der Waals surface area contributed by atoms with Crippen LogP contribution < -0.4 is 5.73 Å². The highest BCUT2D eigenvalue weighted by Gasteiger charge is 2.06. The molecule has 60 valence electrons. The van der Waals surface area contributed by atoms with Gasteiger partial charge in [0.25, 0.3) is 5.24 Å². The zero-order chi connectivity index (χ0) is 8.20. The van der Waals surface area contributed by atoms with Crippen LogP contribution in [-0.2, 0) is 0 Å². The Kier molecular flexibility index (Phi) is 3.75. The van der Waals surface area contributed by atoms with Crippen LogP contribution in [-0.4, -0.2) is 43.2 Å². The van der Waals surface area contributed by atoms with Gasteiger partial charge in [0.15, 0.2) is 0 Å². The molecule has 0 heterocycles. The predicted octanol–water partition coefficient (Wildman–Crippen LogP) is 0.505. The molecule has 0 aromatic carbocycles. The van der Waals surface area contributed by atoms with Crippen molar-refractivity contribution < 1.29 is 9.28 Å². The van der Waals surface area contributed by atoms with E-state index in [9.17, 15) is 4.79 Å². The fraction of sp³-hybridized carbons (Fsp3) is 0.833. The zero-order valence-electron chi connectivity index (χ0n) is 6.76. The van der Waals surface area contributed by atoms with Crippen molar-refractivity contribution in [3.05, 3.63) is 0 Å². The smallest absolute Gasteiger partial charge is 0.276 e. The van der Waals surface area contributed by atoms with Gasteiger partial charge in [-0.1, -0.05) is 11.8 Å². The number of nitrogens with zero attached hydrogens (tertiary/aromatic N) is 1. The van der Waals surface area contributed by atoms with Gasteiger partial charge in [-0.3, -0.25) is 4.79 Å². The van der Waals surface area contributed by atoms with Crippen molar-refractivity contribution in [2.45, 2.75) is 0 Å². The molecule has 10 heavy (non-hydrogen) atoms. The van der Waals surface area contributed by atoms with Crippen molar-refractivity contribution in [1.29, 1.82) is 0 Å². The molecule has 0 aromatic rings. The largest absolute Gasteiger partial charge is 0.361 e. The summed E-state index contributed by atoms with van der Waals surface area (Å²) >= 11 is 1.18. The van der Waals surface area contributed by atoms with Gasteiger partial charge in [-0.15, -0.1) is 0 Å². The van der Waals surface area contributed by atoms with E-state index in [0.29, 0.717) is 0 Å². The van der Waals surface area contributed by atoms with Gasteiger partial charge in [-0.25, -0.2) is 0 Å². The van der Waals surface area contributed by atoms with Gasteiger partial charge in [0.05, 0.1) is 33.4 Å². The molecule has 0 saturated heterocycles. The Hall–Kier alpha value is -0.220. The molecular formula is C6H15N2OS+. The van der Waals surface area contributed by atoms with Crippen LogP contribution in [0.2, 0.25) is 0 Å². The molecular weight excluding hydrogens is 148 g/mol. The maximum absolute atomic E-state index is 10.3. The predicted molar refractivity (Wildman–Crippen MR) is 44.9 cm³/mol. The fourth-order valence-electron chi connectivity index (χ4n) is 0.420. The second-order valence-corrected chi connectivity index (χ2v) is 4.28. The number of thioether (sulfide) groups is 1. The molecule has 2 N–H and O–H groups in total. The van der Waals surface area contributed by atoms with Crippen molar-refractivity contribution >= 4 is 17.0 Å². The van der Waals surface area contributed by atoms with Gasteiger partial charge in [0, 0.05) is 0 Å². The number of hydrogen-bond acceptors (Lipinski definition) is 2. The second-order valence-electron chi connectivity index (χ2n) is 3.18. The molecule has 0 aliphatic carbocycles. The molecule has 0 spiro atoms. The lowest BCUT2D eigenvalue weighted by Gasteiger charge is -2.22. The third kappa shape index (κ3) is 7.78. The number of hydrogen-bond donors (Lipinski definition) is 1. The van der Waals surface area contributed by atoms with Gasteiger partial charge in [-0.05, 0) is 0 Å². The fourth-order valence-corrected chi connectivity index (χ4v) is 1.26. The minimum Gasteiger partial charge on any atom is -0.361 e. The van der Waals surface area contributed by atoms with Crippen LogP contribution in [0.15, 0.2) is 0 Å². The quantitative estimate of drug-likeness (QED) is 0.616. The summed E-state index contributed by atoms with van der Waals surface area (Å²) in [5.74, 6) is 0.804. The molecule has 0 bridgehead atoms.